The van der Waals surface area contributed by atoms with Crippen molar-refractivity contribution >= 4 is 50.9 Å². The summed E-state index contributed by atoms with van der Waals surface area (Å²) in [6, 6.07) is 7.18. The minimum atomic E-state index is -0.00863. The molecule has 0 unspecified atom stereocenters. The second-order valence-corrected chi connectivity index (χ2v) is 6.39. The Kier molecular flexibility index (Phi) is 5.70. The average Bonchev–Trinajstić information content (AvgIpc) is 2.84. The molecule has 0 radical (unpaired) electrons. The number of carbonyl (C=O) groups is 1. The molecule has 0 aliphatic rings. The number of aromatic nitrogens is 1. The summed E-state index contributed by atoms with van der Waals surface area (Å²) < 4.78 is 1.41. The highest BCUT2D eigenvalue weighted by atomic mass is 79.9. The summed E-state index contributed by atoms with van der Waals surface area (Å²) in [4.78, 5) is 21.6. The number of ketones is 1. The molecule has 4 nitrogen and oxygen atoms in total. The lowest BCUT2D eigenvalue weighted by Gasteiger charge is -1.98. The van der Waals surface area contributed by atoms with Crippen molar-refractivity contribution in [1.29, 1.82) is 0 Å². The van der Waals surface area contributed by atoms with E-state index in [0.717, 1.165) is 9.35 Å². The minimum Gasteiger partial charge on any atom is -0.390 e. The van der Waals surface area contributed by atoms with Crippen LogP contribution in [0.15, 0.2) is 40.1 Å². The summed E-state index contributed by atoms with van der Waals surface area (Å²) in [5.74, 6) is -0.00863. The maximum absolute atomic E-state index is 11.8. The summed E-state index contributed by atoms with van der Waals surface area (Å²) in [7, 11) is 0. The van der Waals surface area contributed by atoms with Gasteiger partial charge in [0, 0.05) is 22.7 Å². The molecule has 0 saturated carbocycles. The van der Waals surface area contributed by atoms with Crippen LogP contribution in [0.25, 0.3) is 0 Å². The molecule has 0 aliphatic carbocycles. The van der Waals surface area contributed by atoms with E-state index in [1.807, 2.05) is 12.1 Å². The van der Waals surface area contributed by atoms with E-state index in [1.165, 1.54) is 17.6 Å². The van der Waals surface area contributed by atoms with Gasteiger partial charge in [0.15, 0.2) is 16.9 Å². The van der Waals surface area contributed by atoms with Gasteiger partial charge in [-0.1, -0.05) is 44.8 Å². The monoisotopic (exact) mass is 372 g/mol. The molecule has 104 valence electrons. The Bertz CT molecular complexity index is 613. The lowest BCUT2D eigenvalue weighted by molar-refractivity contribution is 0.0996. The van der Waals surface area contributed by atoms with Crippen LogP contribution in [-0.4, -0.2) is 17.0 Å². The number of nitrogens with zero attached hydrogens (tertiary/aromatic N) is 2. The molecule has 1 heterocycles. The largest absolute Gasteiger partial charge is 0.390 e. The number of carbonyl (C=O) groups excluding carboxylic acids is 1. The number of thiazole rings is 1. The van der Waals surface area contributed by atoms with E-state index in [4.69, 9.17) is 16.4 Å². The van der Waals surface area contributed by atoms with Crippen LogP contribution in [0.4, 0.5) is 0 Å². The van der Waals surface area contributed by atoms with Crippen molar-refractivity contribution < 1.29 is 9.63 Å². The van der Waals surface area contributed by atoms with Gasteiger partial charge in [0.1, 0.15) is 0 Å². The van der Waals surface area contributed by atoms with Gasteiger partial charge in [0.25, 0.3) is 0 Å². The predicted octanol–water partition coefficient (Wildman–Crippen LogP) is 4.33. The van der Waals surface area contributed by atoms with Crippen molar-refractivity contribution in [2.75, 3.05) is 0 Å². The fourth-order valence-electron chi connectivity index (χ4n) is 1.38. The van der Waals surface area contributed by atoms with E-state index in [9.17, 15) is 4.79 Å². The van der Waals surface area contributed by atoms with Crippen molar-refractivity contribution in [3.8, 4) is 0 Å². The highest BCUT2D eigenvalue weighted by Gasteiger charge is 2.03. The van der Waals surface area contributed by atoms with Gasteiger partial charge in [-0.3, -0.25) is 4.79 Å². The van der Waals surface area contributed by atoms with Crippen LogP contribution < -0.4 is 0 Å². The molecule has 0 saturated heterocycles. The predicted molar refractivity (Wildman–Crippen MR) is 83.5 cm³/mol. The summed E-state index contributed by atoms with van der Waals surface area (Å²) in [5, 5.41) is 3.74. The lowest BCUT2D eigenvalue weighted by Crippen LogP contribution is -1.99. The number of Topliss-reactive ketones (excluding diaryl/α,β-unsaturated/α-hetero) is 1. The van der Waals surface area contributed by atoms with Crippen LogP contribution in [0, 0.1) is 0 Å². The van der Waals surface area contributed by atoms with Crippen molar-refractivity contribution in [3.05, 3.63) is 49.8 Å². The number of oxime groups is 1. The third-order valence-corrected chi connectivity index (χ3v) is 3.94. The van der Waals surface area contributed by atoms with Crippen LogP contribution in [0.2, 0.25) is 4.47 Å². The molecule has 7 heteroatoms. The first-order valence-corrected chi connectivity index (χ1v) is 7.66. The molecule has 0 spiro atoms. The van der Waals surface area contributed by atoms with Gasteiger partial charge in [-0.25, -0.2) is 4.98 Å². The zero-order valence-corrected chi connectivity index (χ0v) is 13.4. The van der Waals surface area contributed by atoms with Crippen LogP contribution >= 0.6 is 38.9 Å². The van der Waals surface area contributed by atoms with Crippen molar-refractivity contribution in [3.63, 3.8) is 0 Å². The molecule has 1 aromatic carbocycles. The van der Waals surface area contributed by atoms with E-state index < -0.39 is 0 Å². The highest BCUT2D eigenvalue weighted by Crippen LogP contribution is 2.18. The summed E-state index contributed by atoms with van der Waals surface area (Å²) in [6.45, 7) is 0.299. The Balaban J connectivity index is 1.75. The smallest absolute Gasteiger partial charge is 0.183 e. The van der Waals surface area contributed by atoms with Crippen molar-refractivity contribution in [2.24, 2.45) is 5.16 Å². The normalized spacial score (nSPS) is 10.9. The summed E-state index contributed by atoms with van der Waals surface area (Å²) >= 11 is 10.3. The zero-order valence-electron chi connectivity index (χ0n) is 10.3. The number of rotatable bonds is 6. The van der Waals surface area contributed by atoms with Gasteiger partial charge >= 0.3 is 0 Å². The van der Waals surface area contributed by atoms with E-state index in [2.05, 4.69) is 26.1 Å². The van der Waals surface area contributed by atoms with E-state index in [-0.39, 0.29) is 12.2 Å². The number of hydrogen-bond acceptors (Lipinski definition) is 5. The van der Waals surface area contributed by atoms with E-state index in [1.54, 1.807) is 18.3 Å². The van der Waals surface area contributed by atoms with Crippen LogP contribution in [-0.2, 0) is 11.4 Å². The minimum absolute atomic E-state index is 0.00863. The van der Waals surface area contributed by atoms with Gasteiger partial charge in [-0.2, -0.15) is 0 Å². The topological polar surface area (TPSA) is 51.5 Å². The third-order valence-electron chi connectivity index (χ3n) is 2.32. The number of hydrogen-bond donors (Lipinski definition) is 0. The summed E-state index contributed by atoms with van der Waals surface area (Å²) in [6.07, 6.45) is 3.29. The molecule has 20 heavy (non-hydrogen) atoms. The Morgan fingerprint density at radius 3 is 2.85 bits per heavy atom. The van der Waals surface area contributed by atoms with E-state index >= 15 is 0 Å². The van der Waals surface area contributed by atoms with E-state index in [0.29, 0.717) is 16.6 Å². The van der Waals surface area contributed by atoms with Crippen LogP contribution in [0.5, 0.6) is 0 Å². The Hall–Kier alpha value is -1.24. The van der Waals surface area contributed by atoms with Gasteiger partial charge in [0.2, 0.25) is 0 Å². The zero-order chi connectivity index (χ0) is 14.4. The molecule has 0 fully saturated rings. The van der Waals surface area contributed by atoms with Gasteiger partial charge < -0.3 is 4.84 Å². The molecule has 0 atom stereocenters. The second kappa shape index (κ2) is 7.52. The fraction of sp³-hybridized carbons (Fsp3) is 0.154. The molecule has 2 aromatic rings. The first-order valence-electron chi connectivity index (χ1n) is 5.68. The molecular formula is C13H10BrClN2O2S. The SMILES string of the molecule is O=C(C/C=N/OCc1cnc(Cl)s1)c1ccc(Br)cc1. The Morgan fingerprint density at radius 1 is 1.45 bits per heavy atom. The quantitative estimate of drug-likeness (QED) is 0.430. The standard InChI is InChI=1S/C13H10BrClN2O2S/c14-10-3-1-9(2-4-10)12(18)5-6-17-19-8-11-7-16-13(15)20-11/h1-4,6-7H,5,8H2/b17-6+. The van der Waals surface area contributed by atoms with Gasteiger partial charge in [0.05, 0.1) is 11.1 Å². The maximum atomic E-state index is 11.8. The Morgan fingerprint density at radius 2 is 2.20 bits per heavy atom. The molecule has 0 bridgehead atoms. The second-order valence-electron chi connectivity index (χ2n) is 3.78. The molecule has 0 aliphatic heterocycles. The number of benzene rings is 1. The molecule has 1 aromatic heterocycles. The Labute approximate surface area is 133 Å². The maximum Gasteiger partial charge on any atom is 0.183 e. The number of halogens is 2. The average molecular weight is 374 g/mol. The molecule has 0 amide bonds. The fourth-order valence-corrected chi connectivity index (χ4v) is 2.53. The lowest BCUT2D eigenvalue weighted by atomic mass is 10.1. The third kappa shape index (κ3) is 4.70. The first kappa shape index (κ1) is 15.2. The van der Waals surface area contributed by atoms with Crippen molar-refractivity contribution in [2.45, 2.75) is 13.0 Å². The van der Waals surface area contributed by atoms with Crippen LogP contribution in [0.3, 0.4) is 0 Å². The molecule has 0 N–H and O–H groups in total. The summed E-state index contributed by atoms with van der Waals surface area (Å²) in [5.41, 5.74) is 0.647. The first-order chi connectivity index (χ1) is 9.65. The molecule has 2 rings (SSSR count). The van der Waals surface area contributed by atoms with Crippen molar-refractivity contribution in [1.82, 2.24) is 4.98 Å². The van der Waals surface area contributed by atoms with Gasteiger partial charge in [-0.15, -0.1) is 11.3 Å². The van der Waals surface area contributed by atoms with Crippen LogP contribution in [0.1, 0.15) is 21.7 Å². The van der Waals surface area contributed by atoms with Gasteiger partial charge in [-0.05, 0) is 12.1 Å². The molecular weight excluding hydrogens is 364 g/mol. The highest BCUT2D eigenvalue weighted by molar-refractivity contribution is 9.10.